The number of aromatic nitrogens is 2. The van der Waals surface area contributed by atoms with E-state index in [9.17, 15) is 4.79 Å². The normalized spacial score (nSPS) is 14.6. The second kappa shape index (κ2) is 6.49. The van der Waals surface area contributed by atoms with Gasteiger partial charge in [-0.15, -0.1) is 0 Å². The number of nitrogens with two attached hydrogens (primary N) is 1. The van der Waals surface area contributed by atoms with Crippen LogP contribution in [0.4, 0.5) is 5.82 Å². The molecule has 0 saturated carbocycles. The van der Waals surface area contributed by atoms with Crippen LogP contribution in [0.2, 0.25) is 0 Å². The Morgan fingerprint density at radius 3 is 2.64 bits per heavy atom. The predicted octanol–water partition coefficient (Wildman–Crippen LogP) is 2.23. The molecule has 0 unspecified atom stereocenters. The maximum absolute atomic E-state index is 11.4. The highest BCUT2D eigenvalue weighted by Crippen LogP contribution is 2.25. The van der Waals surface area contributed by atoms with Gasteiger partial charge in [0.2, 0.25) is 5.91 Å². The zero-order valence-corrected chi connectivity index (χ0v) is 13.7. The van der Waals surface area contributed by atoms with E-state index < -0.39 is 5.91 Å². The first-order valence-electron chi connectivity index (χ1n) is 8.20. The molecule has 2 aromatic carbocycles. The van der Waals surface area contributed by atoms with Gasteiger partial charge in [0.05, 0.1) is 30.4 Å². The highest BCUT2D eigenvalue weighted by atomic mass is 16.5. The summed E-state index contributed by atoms with van der Waals surface area (Å²) in [6.07, 6.45) is 1.81. The second-order valence-electron chi connectivity index (χ2n) is 5.98. The van der Waals surface area contributed by atoms with Crippen molar-refractivity contribution in [3.63, 3.8) is 0 Å². The summed E-state index contributed by atoms with van der Waals surface area (Å²) in [7, 11) is 0. The van der Waals surface area contributed by atoms with Crippen molar-refractivity contribution in [2.45, 2.75) is 0 Å². The van der Waals surface area contributed by atoms with Crippen molar-refractivity contribution >= 4 is 22.8 Å². The van der Waals surface area contributed by atoms with Crippen molar-refractivity contribution in [1.82, 2.24) is 9.97 Å². The minimum atomic E-state index is -0.433. The van der Waals surface area contributed by atoms with Gasteiger partial charge in [-0.05, 0) is 35.4 Å². The number of fused-ring (bicyclic) bond motifs is 1. The van der Waals surface area contributed by atoms with E-state index >= 15 is 0 Å². The van der Waals surface area contributed by atoms with E-state index in [2.05, 4.69) is 9.88 Å². The first-order valence-corrected chi connectivity index (χ1v) is 8.20. The van der Waals surface area contributed by atoms with Crippen LogP contribution in [0.1, 0.15) is 10.4 Å². The minimum Gasteiger partial charge on any atom is -0.378 e. The van der Waals surface area contributed by atoms with Gasteiger partial charge in [0, 0.05) is 18.7 Å². The molecule has 0 atom stereocenters. The molecule has 2 N–H and O–H groups in total. The minimum absolute atomic E-state index is 0.433. The standard InChI is InChI=1S/C19H18N4O2/c20-19(24)15-3-1-2-13(10-15)14-4-5-16-17(11-14)22-18(12-21-16)23-6-8-25-9-7-23/h1-5,10-12H,6-9H2,(H2,20,24). The lowest BCUT2D eigenvalue weighted by molar-refractivity contribution is 0.100. The number of morpholine rings is 1. The van der Waals surface area contributed by atoms with Gasteiger partial charge in [0.1, 0.15) is 5.82 Å². The van der Waals surface area contributed by atoms with E-state index in [0.29, 0.717) is 18.8 Å². The maximum atomic E-state index is 11.4. The summed E-state index contributed by atoms with van der Waals surface area (Å²) in [5.41, 5.74) is 9.44. The third-order valence-electron chi connectivity index (χ3n) is 4.35. The van der Waals surface area contributed by atoms with Crippen LogP contribution in [-0.2, 0) is 4.74 Å². The number of anilines is 1. The molecule has 1 aromatic heterocycles. The van der Waals surface area contributed by atoms with Crippen molar-refractivity contribution in [2.75, 3.05) is 31.2 Å². The summed E-state index contributed by atoms with van der Waals surface area (Å²) >= 11 is 0. The van der Waals surface area contributed by atoms with E-state index in [0.717, 1.165) is 41.1 Å². The number of benzene rings is 2. The molecule has 1 fully saturated rings. The van der Waals surface area contributed by atoms with Crippen LogP contribution in [0.5, 0.6) is 0 Å². The van der Waals surface area contributed by atoms with Crippen LogP contribution >= 0.6 is 0 Å². The molecule has 1 amide bonds. The summed E-state index contributed by atoms with van der Waals surface area (Å²) in [4.78, 5) is 22.9. The van der Waals surface area contributed by atoms with Crippen LogP contribution in [0.3, 0.4) is 0 Å². The van der Waals surface area contributed by atoms with Gasteiger partial charge in [-0.25, -0.2) is 4.98 Å². The average Bonchev–Trinajstić information content (AvgIpc) is 2.68. The van der Waals surface area contributed by atoms with Crippen molar-refractivity contribution < 1.29 is 9.53 Å². The SMILES string of the molecule is NC(=O)c1cccc(-c2ccc3ncc(N4CCOCC4)nc3c2)c1. The number of hydrogen-bond donors (Lipinski definition) is 1. The lowest BCUT2D eigenvalue weighted by Crippen LogP contribution is -2.36. The molecule has 2 heterocycles. The molecule has 6 heteroatoms. The Hall–Kier alpha value is -2.99. The highest BCUT2D eigenvalue weighted by Gasteiger charge is 2.13. The smallest absolute Gasteiger partial charge is 0.248 e. The zero-order valence-electron chi connectivity index (χ0n) is 13.7. The van der Waals surface area contributed by atoms with E-state index in [1.807, 2.05) is 30.3 Å². The maximum Gasteiger partial charge on any atom is 0.248 e. The number of amides is 1. The molecule has 126 valence electrons. The van der Waals surface area contributed by atoms with Crippen LogP contribution < -0.4 is 10.6 Å². The van der Waals surface area contributed by atoms with Crippen LogP contribution in [0, 0.1) is 0 Å². The largest absolute Gasteiger partial charge is 0.378 e. The summed E-state index contributed by atoms with van der Waals surface area (Å²) in [5.74, 6) is 0.427. The number of carbonyl (C=O) groups is 1. The number of hydrogen-bond acceptors (Lipinski definition) is 5. The first-order chi connectivity index (χ1) is 12.2. The van der Waals surface area contributed by atoms with Gasteiger partial charge >= 0.3 is 0 Å². The lowest BCUT2D eigenvalue weighted by atomic mass is 10.0. The second-order valence-corrected chi connectivity index (χ2v) is 5.98. The zero-order chi connectivity index (χ0) is 17.2. The molecule has 1 aliphatic rings. The molecule has 0 radical (unpaired) electrons. The van der Waals surface area contributed by atoms with Crippen molar-refractivity contribution in [3.8, 4) is 11.1 Å². The van der Waals surface area contributed by atoms with Gasteiger partial charge in [0.15, 0.2) is 0 Å². The fraction of sp³-hybridized carbons (Fsp3) is 0.211. The van der Waals surface area contributed by atoms with Crippen molar-refractivity contribution in [3.05, 3.63) is 54.2 Å². The predicted molar refractivity (Wildman–Crippen MR) is 96.5 cm³/mol. The third-order valence-corrected chi connectivity index (χ3v) is 4.35. The molecular weight excluding hydrogens is 316 g/mol. The quantitative estimate of drug-likeness (QED) is 0.794. The van der Waals surface area contributed by atoms with Crippen LogP contribution in [0.15, 0.2) is 48.7 Å². The number of rotatable bonds is 3. The Labute approximate surface area is 145 Å². The molecule has 0 aliphatic carbocycles. The highest BCUT2D eigenvalue weighted by molar-refractivity contribution is 5.94. The Morgan fingerprint density at radius 2 is 1.84 bits per heavy atom. The molecule has 25 heavy (non-hydrogen) atoms. The summed E-state index contributed by atoms with van der Waals surface area (Å²) in [6, 6.07) is 13.2. The first kappa shape index (κ1) is 15.5. The monoisotopic (exact) mass is 334 g/mol. The fourth-order valence-electron chi connectivity index (χ4n) is 2.98. The van der Waals surface area contributed by atoms with E-state index in [4.69, 9.17) is 15.5 Å². The number of ether oxygens (including phenoxy) is 1. The lowest BCUT2D eigenvalue weighted by Gasteiger charge is -2.27. The third kappa shape index (κ3) is 3.16. The Bertz CT molecular complexity index is 936. The topological polar surface area (TPSA) is 81.3 Å². The van der Waals surface area contributed by atoms with E-state index in [1.165, 1.54) is 0 Å². The van der Waals surface area contributed by atoms with Crippen molar-refractivity contribution in [2.24, 2.45) is 5.73 Å². The molecule has 1 aliphatic heterocycles. The Balaban J connectivity index is 1.73. The van der Waals surface area contributed by atoms with Gasteiger partial charge in [-0.3, -0.25) is 9.78 Å². The molecular formula is C19H18N4O2. The van der Waals surface area contributed by atoms with Crippen molar-refractivity contribution in [1.29, 1.82) is 0 Å². The average molecular weight is 334 g/mol. The molecule has 1 saturated heterocycles. The summed E-state index contributed by atoms with van der Waals surface area (Å²) in [5, 5.41) is 0. The van der Waals surface area contributed by atoms with Crippen LogP contribution in [-0.4, -0.2) is 42.2 Å². The summed E-state index contributed by atoms with van der Waals surface area (Å²) in [6.45, 7) is 3.06. The number of nitrogens with zero attached hydrogens (tertiary/aromatic N) is 3. The molecule has 4 rings (SSSR count). The Morgan fingerprint density at radius 1 is 1.04 bits per heavy atom. The molecule has 3 aromatic rings. The number of primary amides is 1. The summed E-state index contributed by atoms with van der Waals surface area (Å²) < 4.78 is 5.39. The van der Waals surface area contributed by atoms with E-state index in [-0.39, 0.29) is 0 Å². The van der Waals surface area contributed by atoms with Gasteiger partial charge in [-0.1, -0.05) is 18.2 Å². The number of carbonyl (C=O) groups excluding carboxylic acids is 1. The van der Waals surface area contributed by atoms with Crippen LogP contribution in [0.25, 0.3) is 22.2 Å². The van der Waals surface area contributed by atoms with E-state index in [1.54, 1.807) is 18.3 Å². The van der Waals surface area contributed by atoms with Gasteiger partial charge < -0.3 is 15.4 Å². The molecule has 6 nitrogen and oxygen atoms in total. The Kier molecular flexibility index (Phi) is 4.03. The molecule has 0 spiro atoms. The fourth-order valence-corrected chi connectivity index (χ4v) is 2.98. The van der Waals surface area contributed by atoms with Gasteiger partial charge in [-0.2, -0.15) is 0 Å². The van der Waals surface area contributed by atoms with Gasteiger partial charge in [0.25, 0.3) is 0 Å². The molecule has 0 bridgehead atoms.